The normalized spacial score (nSPS) is 11.1. The Hall–Kier alpha value is -1.33. The van der Waals surface area contributed by atoms with Gasteiger partial charge in [-0.05, 0) is 18.6 Å². The highest BCUT2D eigenvalue weighted by molar-refractivity contribution is 6.49. The number of benzene rings is 1. The molecule has 0 N–H and O–H groups in total. The predicted octanol–water partition coefficient (Wildman–Crippen LogP) is 3.24. The zero-order valence-electron chi connectivity index (χ0n) is 7.01. The average Bonchev–Trinajstić information content (AvgIpc) is 2.04. The summed E-state index contributed by atoms with van der Waals surface area (Å²) in [5, 5.41) is 8.44. The van der Waals surface area contributed by atoms with Crippen molar-refractivity contribution < 1.29 is 4.39 Å². The van der Waals surface area contributed by atoms with E-state index in [0.717, 1.165) is 11.6 Å². The molecule has 0 amide bonds. The van der Waals surface area contributed by atoms with E-state index in [-0.39, 0.29) is 10.6 Å². The number of rotatable bonds is 1. The third-order valence-corrected chi connectivity index (χ3v) is 1.89. The first-order valence-corrected chi connectivity index (χ1v) is 4.04. The SMILES string of the molecule is Cc1ccc(/C(Cl)=C/C#N)c(F)c1. The molecule has 0 atom stereocenters. The van der Waals surface area contributed by atoms with E-state index in [0.29, 0.717) is 0 Å². The molecule has 1 aromatic carbocycles. The van der Waals surface area contributed by atoms with Gasteiger partial charge in [0.2, 0.25) is 0 Å². The molecule has 0 bridgehead atoms. The molecule has 1 rings (SSSR count). The summed E-state index contributed by atoms with van der Waals surface area (Å²) in [6.45, 7) is 1.79. The van der Waals surface area contributed by atoms with Crippen LogP contribution in [0.25, 0.3) is 5.03 Å². The summed E-state index contributed by atoms with van der Waals surface area (Å²) >= 11 is 5.66. The third kappa shape index (κ3) is 2.30. The Bertz CT molecular complexity index is 390. The lowest BCUT2D eigenvalue weighted by molar-refractivity contribution is 0.623. The molecule has 0 saturated heterocycles. The molecule has 1 nitrogen and oxygen atoms in total. The summed E-state index contributed by atoms with van der Waals surface area (Å²) in [6, 6.07) is 6.42. The number of allylic oxidation sites excluding steroid dienone is 1. The molecule has 0 aliphatic carbocycles. The molecule has 0 spiro atoms. The van der Waals surface area contributed by atoms with E-state index >= 15 is 0 Å². The number of aryl methyl sites for hydroxylation is 1. The molecule has 0 unspecified atom stereocenters. The average molecular weight is 196 g/mol. The summed E-state index contributed by atoms with van der Waals surface area (Å²) < 4.78 is 13.2. The number of nitrogens with zero attached hydrogens (tertiary/aromatic N) is 1. The first-order valence-electron chi connectivity index (χ1n) is 3.67. The van der Waals surface area contributed by atoms with Crippen molar-refractivity contribution in [1.29, 1.82) is 5.26 Å². The molecule has 3 heteroatoms. The number of hydrogen-bond acceptors (Lipinski definition) is 1. The number of hydrogen-bond donors (Lipinski definition) is 0. The lowest BCUT2D eigenvalue weighted by Gasteiger charge is -2.00. The second-order valence-corrected chi connectivity index (χ2v) is 3.01. The fourth-order valence-corrected chi connectivity index (χ4v) is 1.15. The van der Waals surface area contributed by atoms with E-state index in [1.807, 2.05) is 0 Å². The summed E-state index contributed by atoms with van der Waals surface area (Å²) in [5.74, 6) is -0.406. The highest BCUT2D eigenvalue weighted by Crippen LogP contribution is 2.22. The molecular formula is C10H7ClFN. The minimum Gasteiger partial charge on any atom is -0.206 e. The lowest BCUT2D eigenvalue weighted by atomic mass is 10.1. The van der Waals surface area contributed by atoms with Gasteiger partial charge in [0.25, 0.3) is 0 Å². The van der Waals surface area contributed by atoms with Crippen molar-refractivity contribution in [2.45, 2.75) is 6.92 Å². The molecule has 0 saturated carbocycles. The van der Waals surface area contributed by atoms with Crippen LogP contribution in [-0.2, 0) is 0 Å². The molecule has 1 aromatic rings. The molecule has 13 heavy (non-hydrogen) atoms. The van der Waals surface area contributed by atoms with Gasteiger partial charge in [-0.1, -0.05) is 23.7 Å². The van der Waals surface area contributed by atoms with E-state index < -0.39 is 5.82 Å². The van der Waals surface area contributed by atoms with Crippen molar-refractivity contribution in [2.75, 3.05) is 0 Å². The maximum Gasteiger partial charge on any atom is 0.132 e. The minimum absolute atomic E-state index is 0.125. The van der Waals surface area contributed by atoms with Crippen molar-refractivity contribution in [1.82, 2.24) is 0 Å². The standard InChI is InChI=1S/C10H7ClFN/c1-7-2-3-8(10(12)6-7)9(11)4-5-13/h2-4,6H,1H3/b9-4-. The van der Waals surface area contributed by atoms with Gasteiger partial charge in [-0.2, -0.15) is 5.26 Å². The van der Waals surface area contributed by atoms with Gasteiger partial charge >= 0.3 is 0 Å². The maximum absolute atomic E-state index is 13.2. The minimum atomic E-state index is -0.406. The van der Waals surface area contributed by atoms with Gasteiger partial charge in [-0.15, -0.1) is 0 Å². The van der Waals surface area contributed by atoms with Crippen molar-refractivity contribution in [3.05, 3.63) is 41.2 Å². The van der Waals surface area contributed by atoms with Crippen molar-refractivity contribution in [2.24, 2.45) is 0 Å². The fourth-order valence-electron chi connectivity index (χ4n) is 0.948. The van der Waals surface area contributed by atoms with Crippen molar-refractivity contribution in [3.63, 3.8) is 0 Å². The zero-order chi connectivity index (χ0) is 9.84. The van der Waals surface area contributed by atoms with Crippen LogP contribution in [0.15, 0.2) is 24.3 Å². The largest absolute Gasteiger partial charge is 0.206 e. The Morgan fingerprint density at radius 3 is 2.85 bits per heavy atom. The molecule has 0 fully saturated rings. The quantitative estimate of drug-likeness (QED) is 0.631. The van der Waals surface area contributed by atoms with Gasteiger partial charge in [0.15, 0.2) is 0 Å². The Morgan fingerprint density at radius 1 is 1.62 bits per heavy atom. The van der Waals surface area contributed by atoms with E-state index in [1.165, 1.54) is 6.07 Å². The highest BCUT2D eigenvalue weighted by atomic mass is 35.5. The van der Waals surface area contributed by atoms with Gasteiger partial charge in [-0.3, -0.25) is 0 Å². The van der Waals surface area contributed by atoms with E-state index in [9.17, 15) is 4.39 Å². The molecule has 0 heterocycles. The molecule has 0 aromatic heterocycles. The van der Waals surface area contributed by atoms with Gasteiger partial charge < -0.3 is 0 Å². The summed E-state index contributed by atoms with van der Waals surface area (Å²) in [4.78, 5) is 0. The summed E-state index contributed by atoms with van der Waals surface area (Å²) in [6.07, 6.45) is 1.11. The topological polar surface area (TPSA) is 23.8 Å². The second-order valence-electron chi connectivity index (χ2n) is 2.60. The van der Waals surface area contributed by atoms with Gasteiger partial charge in [-0.25, -0.2) is 4.39 Å². The van der Waals surface area contributed by atoms with Crippen LogP contribution in [0.3, 0.4) is 0 Å². The lowest BCUT2D eigenvalue weighted by Crippen LogP contribution is -1.86. The van der Waals surface area contributed by atoms with Crippen molar-refractivity contribution in [3.8, 4) is 6.07 Å². The molecule has 66 valence electrons. The zero-order valence-corrected chi connectivity index (χ0v) is 7.77. The van der Waals surface area contributed by atoms with E-state index in [2.05, 4.69) is 0 Å². The first-order chi connectivity index (χ1) is 6.15. The van der Waals surface area contributed by atoms with Crippen LogP contribution in [-0.4, -0.2) is 0 Å². The first kappa shape index (κ1) is 9.76. The van der Waals surface area contributed by atoms with Gasteiger partial charge in [0.1, 0.15) is 5.82 Å². The summed E-state index contributed by atoms with van der Waals surface area (Å²) in [5.41, 5.74) is 1.08. The van der Waals surface area contributed by atoms with Gasteiger partial charge in [0, 0.05) is 11.6 Å². The van der Waals surface area contributed by atoms with E-state index in [4.69, 9.17) is 16.9 Å². The predicted molar refractivity (Wildman–Crippen MR) is 50.6 cm³/mol. The Balaban J connectivity index is 3.18. The fraction of sp³-hybridized carbons (Fsp3) is 0.100. The number of halogens is 2. The highest BCUT2D eigenvalue weighted by Gasteiger charge is 2.04. The van der Waals surface area contributed by atoms with Crippen LogP contribution < -0.4 is 0 Å². The molecule has 0 radical (unpaired) electrons. The maximum atomic E-state index is 13.2. The van der Waals surface area contributed by atoms with Crippen LogP contribution in [0.4, 0.5) is 4.39 Å². The van der Waals surface area contributed by atoms with E-state index in [1.54, 1.807) is 25.1 Å². The van der Waals surface area contributed by atoms with Crippen LogP contribution in [0.5, 0.6) is 0 Å². The van der Waals surface area contributed by atoms with Crippen LogP contribution in [0, 0.1) is 24.1 Å². The summed E-state index contributed by atoms with van der Waals surface area (Å²) in [7, 11) is 0. The Kier molecular flexibility index (Phi) is 3.05. The Morgan fingerprint density at radius 2 is 2.31 bits per heavy atom. The molecular weight excluding hydrogens is 189 g/mol. The van der Waals surface area contributed by atoms with Gasteiger partial charge in [0.05, 0.1) is 11.1 Å². The molecule has 0 aliphatic heterocycles. The monoisotopic (exact) mass is 195 g/mol. The van der Waals surface area contributed by atoms with Crippen LogP contribution in [0.2, 0.25) is 0 Å². The third-order valence-electron chi connectivity index (χ3n) is 1.57. The Labute approximate surface area is 81.1 Å². The molecule has 0 aliphatic rings. The van der Waals surface area contributed by atoms with Crippen molar-refractivity contribution >= 4 is 16.6 Å². The number of nitriles is 1. The second kappa shape index (κ2) is 4.06. The smallest absolute Gasteiger partial charge is 0.132 e. The van der Waals surface area contributed by atoms with Crippen LogP contribution in [0.1, 0.15) is 11.1 Å². The van der Waals surface area contributed by atoms with Crippen LogP contribution >= 0.6 is 11.6 Å².